The van der Waals surface area contributed by atoms with Crippen LogP contribution in [0.2, 0.25) is 0 Å². The molecule has 2 aromatic carbocycles. The first-order valence-corrected chi connectivity index (χ1v) is 8.13. The summed E-state index contributed by atoms with van der Waals surface area (Å²) >= 11 is 0. The number of nitrogens with one attached hydrogen (secondary N) is 1. The maximum absolute atomic E-state index is 12.8. The van der Waals surface area contributed by atoms with Crippen molar-refractivity contribution in [2.24, 2.45) is 0 Å². The Morgan fingerprint density at radius 2 is 1.55 bits per heavy atom. The van der Waals surface area contributed by atoms with E-state index in [1.54, 1.807) is 0 Å². The summed E-state index contributed by atoms with van der Waals surface area (Å²) in [4.78, 5) is 11.8. The number of ether oxygens (including phenoxy) is 1. The number of rotatable bonds is 5. The Kier molecular flexibility index (Phi) is 4.77. The minimum Gasteiger partial charge on any atom is -0.457 e. The molecule has 1 N–H and O–H groups in total. The summed E-state index contributed by atoms with van der Waals surface area (Å²) in [6, 6.07) is 11.4. The summed E-state index contributed by atoms with van der Waals surface area (Å²) in [6.07, 6.45) is 0. The van der Waals surface area contributed by atoms with Crippen molar-refractivity contribution < 1.29 is 22.3 Å². The van der Waals surface area contributed by atoms with Gasteiger partial charge in [0.2, 0.25) is 10.0 Å². The zero-order valence-electron chi connectivity index (χ0n) is 11.7. The molecule has 2 rings (SSSR count). The SMILES string of the molecule is CCS(=O)(=O)NC(=O)c1ccc(Oc2ccc(F)cc2)cc1. The lowest BCUT2D eigenvalue weighted by atomic mass is 10.2. The molecule has 22 heavy (non-hydrogen) atoms. The number of carbonyl (C=O) groups excluding carboxylic acids is 1. The van der Waals surface area contributed by atoms with Crippen LogP contribution >= 0.6 is 0 Å². The summed E-state index contributed by atoms with van der Waals surface area (Å²) in [6.45, 7) is 1.44. The van der Waals surface area contributed by atoms with Gasteiger partial charge < -0.3 is 4.74 Å². The van der Waals surface area contributed by atoms with Gasteiger partial charge in [0.15, 0.2) is 0 Å². The molecule has 7 heteroatoms. The van der Waals surface area contributed by atoms with Gasteiger partial charge in [-0.05, 0) is 55.5 Å². The molecule has 0 atom stereocenters. The van der Waals surface area contributed by atoms with E-state index < -0.39 is 15.9 Å². The molecule has 0 aliphatic carbocycles. The molecule has 0 bridgehead atoms. The summed E-state index contributed by atoms with van der Waals surface area (Å²) in [5, 5.41) is 0. The van der Waals surface area contributed by atoms with E-state index in [9.17, 15) is 17.6 Å². The van der Waals surface area contributed by atoms with Crippen LogP contribution in [0.25, 0.3) is 0 Å². The highest BCUT2D eigenvalue weighted by Crippen LogP contribution is 2.21. The summed E-state index contributed by atoms with van der Waals surface area (Å²) in [5.74, 6) is -0.342. The second-order valence-electron chi connectivity index (χ2n) is 4.41. The molecule has 0 heterocycles. The minimum atomic E-state index is -3.60. The van der Waals surface area contributed by atoms with Gasteiger partial charge in [0, 0.05) is 5.56 Å². The predicted molar refractivity (Wildman–Crippen MR) is 79.8 cm³/mol. The fourth-order valence-corrected chi connectivity index (χ4v) is 2.13. The highest BCUT2D eigenvalue weighted by molar-refractivity contribution is 7.90. The molecule has 5 nitrogen and oxygen atoms in total. The van der Waals surface area contributed by atoms with Crippen LogP contribution < -0.4 is 9.46 Å². The number of hydrogen-bond donors (Lipinski definition) is 1. The summed E-state index contributed by atoms with van der Waals surface area (Å²) < 4.78 is 42.9. The van der Waals surface area contributed by atoms with Crippen LogP contribution in [0.1, 0.15) is 17.3 Å². The third-order valence-electron chi connectivity index (χ3n) is 2.79. The molecule has 2 aromatic rings. The van der Waals surface area contributed by atoms with Gasteiger partial charge in [-0.25, -0.2) is 17.5 Å². The molecular formula is C15H14FNO4S. The van der Waals surface area contributed by atoms with Crippen molar-refractivity contribution in [1.29, 1.82) is 0 Å². The first-order chi connectivity index (χ1) is 10.4. The van der Waals surface area contributed by atoms with E-state index in [0.717, 1.165) is 0 Å². The Morgan fingerprint density at radius 3 is 2.05 bits per heavy atom. The topological polar surface area (TPSA) is 72.5 Å². The lowest BCUT2D eigenvalue weighted by Crippen LogP contribution is -2.31. The van der Waals surface area contributed by atoms with Crippen LogP contribution in [0.4, 0.5) is 4.39 Å². The van der Waals surface area contributed by atoms with E-state index in [2.05, 4.69) is 0 Å². The number of halogens is 1. The van der Waals surface area contributed by atoms with Crippen LogP contribution in [-0.2, 0) is 10.0 Å². The summed E-state index contributed by atoms with van der Waals surface area (Å²) in [7, 11) is -3.60. The van der Waals surface area contributed by atoms with E-state index >= 15 is 0 Å². The first kappa shape index (κ1) is 16.0. The number of sulfonamides is 1. The molecule has 0 aromatic heterocycles. The third-order valence-corrected chi connectivity index (χ3v) is 4.05. The standard InChI is InChI=1S/C15H14FNO4S/c1-2-22(19,20)17-15(18)11-3-7-13(8-4-11)21-14-9-5-12(16)6-10-14/h3-10H,2H2,1H3,(H,17,18). The first-order valence-electron chi connectivity index (χ1n) is 6.48. The lowest BCUT2D eigenvalue weighted by molar-refractivity contribution is 0.0981. The molecule has 0 radical (unpaired) electrons. The van der Waals surface area contributed by atoms with E-state index in [4.69, 9.17) is 4.74 Å². The zero-order chi connectivity index (χ0) is 16.2. The largest absolute Gasteiger partial charge is 0.457 e. The molecule has 0 aliphatic heterocycles. The van der Waals surface area contributed by atoms with E-state index in [0.29, 0.717) is 11.5 Å². The number of benzene rings is 2. The highest BCUT2D eigenvalue weighted by atomic mass is 32.2. The Labute approximate surface area is 127 Å². The monoisotopic (exact) mass is 323 g/mol. The second kappa shape index (κ2) is 6.57. The molecular weight excluding hydrogens is 309 g/mol. The van der Waals surface area contributed by atoms with Gasteiger partial charge in [0.05, 0.1) is 5.75 Å². The van der Waals surface area contributed by atoms with Crippen molar-refractivity contribution in [3.63, 3.8) is 0 Å². The van der Waals surface area contributed by atoms with Gasteiger partial charge in [0.1, 0.15) is 17.3 Å². The van der Waals surface area contributed by atoms with Gasteiger partial charge in [-0.15, -0.1) is 0 Å². The van der Waals surface area contributed by atoms with Crippen molar-refractivity contribution in [3.8, 4) is 11.5 Å². The van der Waals surface area contributed by atoms with Gasteiger partial charge >= 0.3 is 0 Å². The average Bonchev–Trinajstić information content (AvgIpc) is 2.50. The van der Waals surface area contributed by atoms with Gasteiger partial charge in [-0.2, -0.15) is 0 Å². The molecule has 0 fully saturated rings. The van der Waals surface area contributed by atoms with E-state index in [1.807, 2.05) is 4.72 Å². The second-order valence-corrected chi connectivity index (χ2v) is 6.43. The van der Waals surface area contributed by atoms with E-state index in [1.165, 1.54) is 55.5 Å². The molecule has 0 unspecified atom stereocenters. The Morgan fingerprint density at radius 1 is 1.05 bits per heavy atom. The van der Waals surface area contributed by atoms with Crippen LogP contribution in [0.5, 0.6) is 11.5 Å². The Hall–Kier alpha value is -2.41. The molecule has 1 amide bonds. The number of carbonyl (C=O) groups is 1. The Bertz CT molecular complexity index is 755. The van der Waals surface area contributed by atoms with Gasteiger partial charge in [0.25, 0.3) is 5.91 Å². The maximum Gasteiger partial charge on any atom is 0.264 e. The fourth-order valence-electron chi connectivity index (χ4n) is 1.59. The highest BCUT2D eigenvalue weighted by Gasteiger charge is 2.13. The van der Waals surface area contributed by atoms with E-state index in [-0.39, 0.29) is 17.1 Å². The molecule has 116 valence electrons. The summed E-state index contributed by atoms with van der Waals surface area (Å²) in [5.41, 5.74) is 0.198. The van der Waals surface area contributed by atoms with Crippen molar-refractivity contribution in [3.05, 3.63) is 59.9 Å². The number of hydrogen-bond acceptors (Lipinski definition) is 4. The Balaban J connectivity index is 2.07. The van der Waals surface area contributed by atoms with Crippen molar-refractivity contribution in [1.82, 2.24) is 4.72 Å². The molecule has 0 saturated heterocycles. The fraction of sp³-hybridized carbons (Fsp3) is 0.133. The van der Waals surface area contributed by atoms with Crippen LogP contribution in [0.3, 0.4) is 0 Å². The molecule has 0 aliphatic rings. The van der Waals surface area contributed by atoms with Crippen molar-refractivity contribution in [2.45, 2.75) is 6.92 Å². The quantitative estimate of drug-likeness (QED) is 0.918. The minimum absolute atomic E-state index is 0.176. The van der Waals surface area contributed by atoms with Gasteiger partial charge in [-0.1, -0.05) is 0 Å². The van der Waals surface area contributed by atoms with Crippen molar-refractivity contribution in [2.75, 3.05) is 5.75 Å². The smallest absolute Gasteiger partial charge is 0.264 e. The maximum atomic E-state index is 12.8. The van der Waals surface area contributed by atoms with Crippen molar-refractivity contribution >= 4 is 15.9 Å². The zero-order valence-corrected chi connectivity index (χ0v) is 12.6. The molecule has 0 saturated carbocycles. The lowest BCUT2D eigenvalue weighted by Gasteiger charge is -2.07. The van der Waals surface area contributed by atoms with Crippen LogP contribution in [0, 0.1) is 5.82 Å². The normalized spacial score (nSPS) is 11.0. The van der Waals surface area contributed by atoms with Crippen LogP contribution in [0.15, 0.2) is 48.5 Å². The number of amides is 1. The third kappa shape index (κ3) is 4.29. The average molecular weight is 323 g/mol. The van der Waals surface area contributed by atoms with Crippen LogP contribution in [-0.4, -0.2) is 20.1 Å². The predicted octanol–water partition coefficient (Wildman–Crippen LogP) is 2.70. The van der Waals surface area contributed by atoms with Gasteiger partial charge in [-0.3, -0.25) is 4.79 Å². The molecule has 0 spiro atoms.